The molecular weight excluding hydrogens is 333 g/mol. The van der Waals surface area contributed by atoms with E-state index in [1.165, 1.54) is 18.2 Å². The number of likely N-dealkylation sites (N-methyl/N-ethyl adjacent to an activating group) is 1. The molecule has 1 aromatic carbocycles. The Morgan fingerprint density at radius 2 is 1.77 bits per heavy atom. The van der Waals surface area contributed by atoms with E-state index in [1.807, 2.05) is 0 Å². The first-order valence-corrected chi connectivity index (χ1v) is 7.03. The normalized spacial score (nSPS) is 14.8. The number of rotatable bonds is 4. The highest BCUT2D eigenvalue weighted by Crippen LogP contribution is 2.25. The summed E-state index contributed by atoms with van der Waals surface area (Å²) in [5.41, 5.74) is 0.286. The summed E-state index contributed by atoms with van der Waals surface area (Å²) in [5, 5.41) is 3.06. The van der Waals surface area contributed by atoms with Gasteiger partial charge in [0.1, 0.15) is 6.54 Å². The van der Waals surface area contributed by atoms with Crippen LogP contribution in [0.2, 0.25) is 10.0 Å². The van der Waals surface area contributed by atoms with Crippen molar-refractivity contribution in [2.75, 3.05) is 18.4 Å². The van der Waals surface area contributed by atoms with E-state index in [1.54, 1.807) is 6.92 Å². The molecule has 1 saturated heterocycles. The molecule has 7 nitrogen and oxygen atoms in total. The van der Waals surface area contributed by atoms with Crippen LogP contribution in [0.4, 0.5) is 10.5 Å². The molecule has 0 aromatic heterocycles. The van der Waals surface area contributed by atoms with E-state index < -0.39 is 30.3 Å². The number of hydrogen-bond donors (Lipinski definition) is 1. The van der Waals surface area contributed by atoms with Gasteiger partial charge >= 0.3 is 17.8 Å². The number of benzene rings is 1. The molecule has 1 heterocycles. The van der Waals surface area contributed by atoms with Gasteiger partial charge in [0, 0.05) is 11.6 Å². The van der Waals surface area contributed by atoms with Crippen molar-refractivity contribution in [2.45, 2.75) is 6.92 Å². The molecule has 1 aliphatic rings. The van der Waals surface area contributed by atoms with Crippen molar-refractivity contribution in [2.24, 2.45) is 0 Å². The molecule has 0 atom stereocenters. The van der Waals surface area contributed by atoms with Gasteiger partial charge in [0.15, 0.2) is 0 Å². The van der Waals surface area contributed by atoms with Crippen molar-refractivity contribution in [3.8, 4) is 0 Å². The van der Waals surface area contributed by atoms with Crippen LogP contribution in [-0.4, -0.2) is 46.6 Å². The zero-order chi connectivity index (χ0) is 16.4. The minimum Gasteiger partial charge on any atom is -0.323 e. The highest BCUT2D eigenvalue weighted by molar-refractivity contribution is 6.45. The van der Waals surface area contributed by atoms with Gasteiger partial charge in [0.25, 0.3) is 0 Å². The predicted molar refractivity (Wildman–Crippen MR) is 79.6 cm³/mol. The lowest BCUT2D eigenvalue weighted by Crippen LogP contribution is -2.39. The molecule has 1 fully saturated rings. The molecule has 1 aliphatic heterocycles. The van der Waals surface area contributed by atoms with E-state index in [4.69, 9.17) is 23.2 Å². The monoisotopic (exact) mass is 343 g/mol. The number of carbonyl (C=O) groups excluding carboxylic acids is 4. The highest BCUT2D eigenvalue weighted by Gasteiger charge is 2.44. The average molecular weight is 344 g/mol. The van der Waals surface area contributed by atoms with Crippen LogP contribution in [0.15, 0.2) is 18.2 Å². The largest absolute Gasteiger partial charge is 0.334 e. The second-order valence-corrected chi connectivity index (χ2v) is 5.24. The SMILES string of the molecule is CCN1C(=O)C(=O)N(CC(=O)Nc2ccc(Cl)cc2Cl)C1=O. The zero-order valence-corrected chi connectivity index (χ0v) is 12.9. The highest BCUT2D eigenvalue weighted by atomic mass is 35.5. The Bertz CT molecular complexity index is 677. The van der Waals surface area contributed by atoms with Crippen molar-refractivity contribution in [1.29, 1.82) is 0 Å². The fraction of sp³-hybridized carbons (Fsp3) is 0.231. The summed E-state index contributed by atoms with van der Waals surface area (Å²) in [7, 11) is 0. The van der Waals surface area contributed by atoms with Crippen molar-refractivity contribution in [3.63, 3.8) is 0 Å². The Balaban J connectivity index is 2.08. The summed E-state index contributed by atoms with van der Waals surface area (Å²) >= 11 is 11.6. The molecule has 0 saturated carbocycles. The Kier molecular flexibility index (Phi) is 4.68. The molecule has 0 spiro atoms. The molecule has 5 amide bonds. The number of hydrogen-bond acceptors (Lipinski definition) is 4. The van der Waals surface area contributed by atoms with E-state index in [0.717, 1.165) is 4.90 Å². The van der Waals surface area contributed by atoms with Gasteiger partial charge in [-0.25, -0.2) is 9.69 Å². The standard InChI is InChI=1S/C13H11Cl2N3O4/c1-2-17-11(20)12(21)18(13(17)22)6-10(19)16-9-4-3-7(14)5-8(9)15/h3-5H,2,6H2,1H3,(H,16,19). The van der Waals surface area contributed by atoms with Crippen molar-refractivity contribution in [1.82, 2.24) is 9.80 Å². The number of anilines is 1. The molecule has 0 unspecified atom stereocenters. The molecular formula is C13H11Cl2N3O4. The molecule has 1 aromatic rings. The third kappa shape index (κ3) is 3.05. The topological polar surface area (TPSA) is 86.8 Å². The van der Waals surface area contributed by atoms with Gasteiger partial charge in [-0.2, -0.15) is 0 Å². The summed E-state index contributed by atoms with van der Waals surface area (Å²) in [5.74, 6) is -2.62. The van der Waals surface area contributed by atoms with Crippen molar-refractivity contribution in [3.05, 3.63) is 28.2 Å². The second kappa shape index (κ2) is 6.33. The number of halogens is 2. The lowest BCUT2D eigenvalue weighted by Gasteiger charge is -2.14. The van der Waals surface area contributed by atoms with Crippen LogP contribution in [0.25, 0.3) is 0 Å². The van der Waals surface area contributed by atoms with E-state index in [0.29, 0.717) is 9.92 Å². The van der Waals surface area contributed by atoms with Crippen LogP contribution in [0.1, 0.15) is 6.92 Å². The fourth-order valence-electron chi connectivity index (χ4n) is 1.89. The third-order valence-electron chi connectivity index (χ3n) is 2.96. The lowest BCUT2D eigenvalue weighted by atomic mass is 10.3. The van der Waals surface area contributed by atoms with E-state index in [-0.39, 0.29) is 17.3 Å². The smallest absolute Gasteiger partial charge is 0.323 e. The maximum absolute atomic E-state index is 11.9. The van der Waals surface area contributed by atoms with Crippen molar-refractivity contribution >= 4 is 52.6 Å². The average Bonchev–Trinajstić information content (AvgIpc) is 2.66. The molecule has 0 bridgehead atoms. The summed E-state index contributed by atoms with van der Waals surface area (Å²) in [4.78, 5) is 48.3. The quantitative estimate of drug-likeness (QED) is 0.666. The Morgan fingerprint density at radius 1 is 1.14 bits per heavy atom. The van der Waals surface area contributed by atoms with Gasteiger partial charge < -0.3 is 5.32 Å². The number of carbonyl (C=O) groups is 4. The zero-order valence-electron chi connectivity index (χ0n) is 11.4. The first-order valence-electron chi connectivity index (χ1n) is 6.27. The number of nitrogens with one attached hydrogen (secondary N) is 1. The Hall–Kier alpha value is -2.12. The number of urea groups is 1. The fourth-order valence-corrected chi connectivity index (χ4v) is 2.35. The number of nitrogens with zero attached hydrogens (tertiary/aromatic N) is 2. The molecule has 2 rings (SSSR count). The van der Waals surface area contributed by atoms with Gasteiger partial charge in [-0.3, -0.25) is 19.3 Å². The van der Waals surface area contributed by atoms with E-state index in [9.17, 15) is 19.2 Å². The summed E-state index contributed by atoms with van der Waals surface area (Å²) in [6.45, 7) is 1.05. The minimum atomic E-state index is -1.02. The lowest BCUT2D eigenvalue weighted by molar-refractivity contribution is -0.143. The number of imide groups is 2. The van der Waals surface area contributed by atoms with Gasteiger partial charge in [0.2, 0.25) is 5.91 Å². The van der Waals surface area contributed by atoms with Gasteiger partial charge in [-0.05, 0) is 25.1 Å². The van der Waals surface area contributed by atoms with Gasteiger partial charge in [-0.1, -0.05) is 23.2 Å². The maximum Gasteiger partial charge on any atom is 0.334 e. The van der Waals surface area contributed by atoms with E-state index in [2.05, 4.69) is 5.32 Å². The van der Waals surface area contributed by atoms with Crippen molar-refractivity contribution < 1.29 is 19.2 Å². The molecule has 0 aliphatic carbocycles. The first kappa shape index (κ1) is 16.3. The molecule has 0 radical (unpaired) electrons. The van der Waals surface area contributed by atoms with Crippen LogP contribution < -0.4 is 5.32 Å². The van der Waals surface area contributed by atoms with Crippen LogP contribution in [0.3, 0.4) is 0 Å². The molecule has 1 N–H and O–H groups in total. The summed E-state index contributed by atoms with van der Waals surface area (Å²) in [6, 6.07) is 3.64. The van der Waals surface area contributed by atoms with Crippen LogP contribution in [0.5, 0.6) is 0 Å². The second-order valence-electron chi connectivity index (χ2n) is 4.40. The Labute approximate surface area is 135 Å². The summed E-state index contributed by atoms with van der Waals surface area (Å²) in [6.07, 6.45) is 0. The number of amides is 5. The first-order chi connectivity index (χ1) is 10.3. The third-order valence-corrected chi connectivity index (χ3v) is 3.51. The van der Waals surface area contributed by atoms with E-state index >= 15 is 0 Å². The van der Waals surface area contributed by atoms with Crippen LogP contribution in [-0.2, 0) is 14.4 Å². The van der Waals surface area contributed by atoms with Gasteiger partial charge in [-0.15, -0.1) is 0 Å². The molecule has 9 heteroatoms. The molecule has 116 valence electrons. The Morgan fingerprint density at radius 3 is 2.32 bits per heavy atom. The van der Waals surface area contributed by atoms with Gasteiger partial charge in [0.05, 0.1) is 10.7 Å². The van der Waals surface area contributed by atoms with Crippen LogP contribution in [0, 0.1) is 0 Å². The summed E-state index contributed by atoms with van der Waals surface area (Å²) < 4.78 is 0. The molecule has 22 heavy (non-hydrogen) atoms. The predicted octanol–water partition coefficient (Wildman–Crippen LogP) is 1.74. The van der Waals surface area contributed by atoms with Crippen LogP contribution >= 0.6 is 23.2 Å². The maximum atomic E-state index is 11.9. The minimum absolute atomic E-state index is 0.0601.